The van der Waals surface area contributed by atoms with Crippen LogP contribution >= 0.6 is 0 Å². The number of nitrogens with zero attached hydrogens (tertiary/aromatic N) is 1. The van der Waals surface area contributed by atoms with Gasteiger partial charge in [0.1, 0.15) is 6.23 Å². The highest BCUT2D eigenvalue weighted by Gasteiger charge is 2.30. The molecule has 1 amide bonds. The number of carbonyl (C=O) groups is 1. The number of anilines is 1. The third-order valence-corrected chi connectivity index (χ3v) is 2.50. The first-order valence-electron chi connectivity index (χ1n) is 4.75. The Balaban J connectivity index is 2.30. The normalized spacial score (nSPS) is 21.7. The summed E-state index contributed by atoms with van der Waals surface area (Å²) < 4.78 is 0. The van der Waals surface area contributed by atoms with Crippen molar-refractivity contribution in [2.24, 2.45) is 0 Å². The van der Waals surface area contributed by atoms with Gasteiger partial charge >= 0.3 is 0 Å². The molecule has 0 bridgehead atoms. The first kappa shape index (κ1) is 9.21. The number of rotatable bonds is 1. The van der Waals surface area contributed by atoms with Crippen LogP contribution in [0.15, 0.2) is 24.3 Å². The number of hydrogen-bond acceptors (Lipinski definition) is 2. The van der Waals surface area contributed by atoms with E-state index >= 15 is 0 Å². The van der Waals surface area contributed by atoms with Gasteiger partial charge in [-0.25, -0.2) is 0 Å². The average molecular weight is 191 g/mol. The van der Waals surface area contributed by atoms with Crippen LogP contribution in [0.3, 0.4) is 0 Å². The smallest absolute Gasteiger partial charge is 0.229 e. The number of aliphatic hydroxyl groups excluding tert-OH is 1. The largest absolute Gasteiger partial charge is 0.373 e. The van der Waals surface area contributed by atoms with Gasteiger partial charge in [0.25, 0.3) is 0 Å². The van der Waals surface area contributed by atoms with Gasteiger partial charge in [-0.05, 0) is 19.1 Å². The number of amides is 1. The average Bonchev–Trinajstić information content (AvgIpc) is 2.49. The van der Waals surface area contributed by atoms with E-state index in [1.54, 1.807) is 0 Å². The maximum atomic E-state index is 11.4. The summed E-state index contributed by atoms with van der Waals surface area (Å²) in [6, 6.07) is 7.60. The molecule has 3 heteroatoms. The molecule has 14 heavy (non-hydrogen) atoms. The van der Waals surface area contributed by atoms with Crippen LogP contribution in [-0.2, 0) is 4.79 Å². The van der Waals surface area contributed by atoms with E-state index in [0.717, 1.165) is 11.3 Å². The number of benzene rings is 1. The Bertz CT molecular complexity index is 345. The van der Waals surface area contributed by atoms with E-state index in [1.807, 2.05) is 31.2 Å². The van der Waals surface area contributed by atoms with Crippen LogP contribution in [0.4, 0.5) is 5.69 Å². The Morgan fingerprint density at radius 2 is 2.00 bits per heavy atom. The molecule has 1 aromatic carbocycles. The molecule has 3 nitrogen and oxygen atoms in total. The first-order valence-corrected chi connectivity index (χ1v) is 4.75. The topological polar surface area (TPSA) is 40.5 Å². The van der Waals surface area contributed by atoms with Crippen molar-refractivity contribution in [1.29, 1.82) is 0 Å². The fourth-order valence-corrected chi connectivity index (χ4v) is 1.69. The number of aryl methyl sites for hydroxylation is 1. The summed E-state index contributed by atoms with van der Waals surface area (Å²) in [5, 5.41) is 9.59. The van der Waals surface area contributed by atoms with Crippen LogP contribution in [0.2, 0.25) is 0 Å². The van der Waals surface area contributed by atoms with Gasteiger partial charge in [0.15, 0.2) is 0 Å². The second-order valence-electron chi connectivity index (χ2n) is 3.62. The van der Waals surface area contributed by atoms with E-state index in [1.165, 1.54) is 4.90 Å². The lowest BCUT2D eigenvalue weighted by molar-refractivity contribution is -0.117. The van der Waals surface area contributed by atoms with E-state index in [9.17, 15) is 9.90 Å². The van der Waals surface area contributed by atoms with Gasteiger partial charge < -0.3 is 5.11 Å². The lowest BCUT2D eigenvalue weighted by Gasteiger charge is -2.20. The first-order chi connectivity index (χ1) is 6.68. The highest BCUT2D eigenvalue weighted by molar-refractivity contribution is 5.95. The summed E-state index contributed by atoms with van der Waals surface area (Å²) in [5.41, 5.74) is 1.93. The molecule has 0 radical (unpaired) electrons. The SMILES string of the molecule is Cc1ccc(N2C(=O)CCC2O)cc1. The summed E-state index contributed by atoms with van der Waals surface area (Å²) in [6.07, 6.45) is 0.326. The van der Waals surface area contributed by atoms with E-state index in [2.05, 4.69) is 0 Å². The van der Waals surface area contributed by atoms with Crippen LogP contribution in [0.5, 0.6) is 0 Å². The fraction of sp³-hybridized carbons (Fsp3) is 0.364. The number of hydrogen-bond donors (Lipinski definition) is 1. The number of carbonyl (C=O) groups excluding carboxylic acids is 1. The van der Waals surface area contributed by atoms with E-state index in [0.29, 0.717) is 12.8 Å². The maximum absolute atomic E-state index is 11.4. The quantitative estimate of drug-likeness (QED) is 0.729. The molecule has 1 aromatic rings. The standard InChI is InChI=1S/C11H13NO2/c1-8-2-4-9(5-3-8)12-10(13)6-7-11(12)14/h2-5,10,13H,6-7H2,1H3. The third kappa shape index (κ3) is 1.51. The molecule has 0 spiro atoms. The molecule has 1 N–H and O–H groups in total. The highest BCUT2D eigenvalue weighted by atomic mass is 16.3. The summed E-state index contributed by atoms with van der Waals surface area (Å²) in [6.45, 7) is 1.99. The minimum atomic E-state index is -0.648. The summed E-state index contributed by atoms with van der Waals surface area (Å²) in [5.74, 6) is 0.00125. The molecule has 1 unspecified atom stereocenters. The van der Waals surface area contributed by atoms with Crippen molar-refractivity contribution in [2.75, 3.05) is 4.90 Å². The predicted molar refractivity (Wildman–Crippen MR) is 53.9 cm³/mol. The molecule has 1 heterocycles. The van der Waals surface area contributed by atoms with E-state index in [4.69, 9.17) is 0 Å². The minimum Gasteiger partial charge on any atom is -0.373 e. The Morgan fingerprint density at radius 1 is 1.36 bits per heavy atom. The van der Waals surface area contributed by atoms with Crippen molar-refractivity contribution < 1.29 is 9.90 Å². The molecule has 1 aliphatic rings. The molecular formula is C11H13NO2. The molecule has 1 fully saturated rings. The van der Waals surface area contributed by atoms with Gasteiger partial charge in [0, 0.05) is 18.5 Å². The van der Waals surface area contributed by atoms with Crippen LogP contribution in [-0.4, -0.2) is 17.2 Å². The van der Waals surface area contributed by atoms with Crippen LogP contribution < -0.4 is 4.90 Å². The molecule has 0 saturated carbocycles. The van der Waals surface area contributed by atoms with Crippen LogP contribution in [0, 0.1) is 6.92 Å². The van der Waals surface area contributed by atoms with Crippen molar-refractivity contribution in [3.63, 3.8) is 0 Å². The summed E-state index contributed by atoms with van der Waals surface area (Å²) in [7, 11) is 0. The van der Waals surface area contributed by atoms with E-state index in [-0.39, 0.29) is 5.91 Å². The van der Waals surface area contributed by atoms with Gasteiger partial charge in [-0.2, -0.15) is 0 Å². The van der Waals surface area contributed by atoms with Crippen molar-refractivity contribution in [3.05, 3.63) is 29.8 Å². The van der Waals surface area contributed by atoms with E-state index < -0.39 is 6.23 Å². The second-order valence-corrected chi connectivity index (χ2v) is 3.62. The zero-order valence-corrected chi connectivity index (χ0v) is 8.10. The monoisotopic (exact) mass is 191 g/mol. The summed E-state index contributed by atoms with van der Waals surface area (Å²) >= 11 is 0. The van der Waals surface area contributed by atoms with Crippen molar-refractivity contribution in [3.8, 4) is 0 Å². The Hall–Kier alpha value is -1.35. The fourth-order valence-electron chi connectivity index (χ4n) is 1.69. The van der Waals surface area contributed by atoms with Gasteiger partial charge in [0.2, 0.25) is 5.91 Å². The van der Waals surface area contributed by atoms with Gasteiger partial charge in [-0.3, -0.25) is 9.69 Å². The molecule has 1 atom stereocenters. The molecule has 0 aliphatic carbocycles. The molecule has 1 saturated heterocycles. The van der Waals surface area contributed by atoms with Crippen LogP contribution in [0.25, 0.3) is 0 Å². The molecule has 1 aliphatic heterocycles. The molecule has 0 aromatic heterocycles. The van der Waals surface area contributed by atoms with Crippen LogP contribution in [0.1, 0.15) is 18.4 Å². The lowest BCUT2D eigenvalue weighted by Crippen LogP contribution is -2.32. The predicted octanol–water partition coefficient (Wildman–Crippen LogP) is 1.44. The van der Waals surface area contributed by atoms with Crippen molar-refractivity contribution in [2.45, 2.75) is 26.0 Å². The maximum Gasteiger partial charge on any atom is 0.229 e. The van der Waals surface area contributed by atoms with Crippen molar-refractivity contribution in [1.82, 2.24) is 0 Å². The number of aliphatic hydroxyl groups is 1. The van der Waals surface area contributed by atoms with Gasteiger partial charge in [-0.1, -0.05) is 17.7 Å². The Morgan fingerprint density at radius 3 is 2.50 bits per heavy atom. The third-order valence-electron chi connectivity index (χ3n) is 2.50. The Kier molecular flexibility index (Phi) is 2.25. The molecule has 2 rings (SSSR count). The Labute approximate surface area is 83.0 Å². The minimum absolute atomic E-state index is 0.00125. The zero-order chi connectivity index (χ0) is 10.1. The summed E-state index contributed by atoms with van der Waals surface area (Å²) in [4.78, 5) is 12.9. The zero-order valence-electron chi connectivity index (χ0n) is 8.10. The second kappa shape index (κ2) is 3.42. The molecular weight excluding hydrogens is 178 g/mol. The van der Waals surface area contributed by atoms with Gasteiger partial charge in [0.05, 0.1) is 0 Å². The molecule has 74 valence electrons. The lowest BCUT2D eigenvalue weighted by atomic mass is 10.2. The van der Waals surface area contributed by atoms with Gasteiger partial charge in [-0.15, -0.1) is 0 Å². The van der Waals surface area contributed by atoms with Crippen molar-refractivity contribution >= 4 is 11.6 Å². The highest BCUT2D eigenvalue weighted by Crippen LogP contribution is 2.25.